The lowest BCUT2D eigenvalue weighted by Crippen LogP contribution is -2.62. The van der Waals surface area contributed by atoms with Crippen LogP contribution in [-0.4, -0.2) is 35.7 Å². The van der Waals surface area contributed by atoms with Gasteiger partial charge in [0.2, 0.25) is 0 Å². The van der Waals surface area contributed by atoms with E-state index >= 15 is 0 Å². The van der Waals surface area contributed by atoms with Gasteiger partial charge in [-0.05, 0) is 19.4 Å². The first-order chi connectivity index (χ1) is 6.50. The second kappa shape index (κ2) is 3.21. The Kier molecular flexibility index (Phi) is 2.39. The fourth-order valence-electron chi connectivity index (χ4n) is 3.64. The molecule has 0 spiro atoms. The Hall–Kier alpha value is -0.0800. The summed E-state index contributed by atoms with van der Waals surface area (Å²) in [7, 11) is 0. The minimum absolute atomic E-state index is 0.0912. The van der Waals surface area contributed by atoms with E-state index in [1.807, 2.05) is 0 Å². The van der Waals surface area contributed by atoms with Crippen LogP contribution in [0.2, 0.25) is 0 Å². The van der Waals surface area contributed by atoms with E-state index < -0.39 is 0 Å². The molecule has 1 saturated carbocycles. The summed E-state index contributed by atoms with van der Waals surface area (Å²) >= 11 is 0. The molecule has 0 amide bonds. The van der Waals surface area contributed by atoms with Crippen molar-refractivity contribution in [3.63, 3.8) is 0 Å². The highest BCUT2D eigenvalue weighted by atomic mass is 16.3. The van der Waals surface area contributed by atoms with E-state index in [2.05, 4.69) is 25.7 Å². The van der Waals surface area contributed by atoms with Gasteiger partial charge in [0.1, 0.15) is 0 Å². The first kappa shape index (κ1) is 10.4. The minimum Gasteiger partial charge on any atom is -0.392 e. The predicted molar refractivity (Wildman–Crippen MR) is 58.2 cm³/mol. The van der Waals surface area contributed by atoms with Crippen molar-refractivity contribution in [1.29, 1.82) is 0 Å². The normalized spacial score (nSPS) is 49.3. The van der Waals surface area contributed by atoms with Gasteiger partial charge >= 0.3 is 0 Å². The lowest BCUT2D eigenvalue weighted by atomic mass is 9.58. The number of rotatable bonds is 1. The summed E-state index contributed by atoms with van der Waals surface area (Å²) in [5, 5.41) is 10.4. The van der Waals surface area contributed by atoms with Gasteiger partial charge in [-0.15, -0.1) is 0 Å². The van der Waals surface area contributed by atoms with Crippen LogP contribution in [0.4, 0.5) is 0 Å². The second-order valence-corrected chi connectivity index (χ2v) is 5.87. The third kappa shape index (κ3) is 1.40. The van der Waals surface area contributed by atoms with Crippen molar-refractivity contribution in [3.8, 4) is 0 Å². The molecule has 1 saturated heterocycles. The maximum Gasteiger partial charge on any atom is 0.0671 e. The Bertz CT molecular complexity index is 210. The summed E-state index contributed by atoms with van der Waals surface area (Å²) in [4.78, 5) is 2.51. The fraction of sp³-hybridized carbons (Fsp3) is 1.00. The first-order valence-corrected chi connectivity index (χ1v) is 5.91. The maximum absolute atomic E-state index is 10.4. The Morgan fingerprint density at radius 3 is 2.14 bits per heavy atom. The van der Waals surface area contributed by atoms with Crippen molar-refractivity contribution in [3.05, 3.63) is 0 Å². The smallest absolute Gasteiger partial charge is 0.0671 e. The molecular weight excluding hydrogens is 174 g/mol. The van der Waals surface area contributed by atoms with Gasteiger partial charge in [0.15, 0.2) is 0 Å². The van der Waals surface area contributed by atoms with E-state index in [-0.39, 0.29) is 16.9 Å². The first-order valence-electron chi connectivity index (χ1n) is 5.91. The minimum atomic E-state index is -0.0912. The Morgan fingerprint density at radius 2 is 1.71 bits per heavy atom. The molecule has 0 aromatic rings. The number of likely N-dealkylation sites (tertiary alicyclic amines) is 1. The van der Waals surface area contributed by atoms with E-state index in [4.69, 9.17) is 0 Å². The molecule has 1 aliphatic heterocycles. The molecule has 2 fully saturated rings. The monoisotopic (exact) mass is 197 g/mol. The number of aliphatic hydroxyl groups excluding tert-OH is 1. The highest BCUT2D eigenvalue weighted by Gasteiger charge is 2.52. The molecule has 2 aliphatic rings. The van der Waals surface area contributed by atoms with Gasteiger partial charge in [-0.25, -0.2) is 0 Å². The van der Waals surface area contributed by atoms with Crippen molar-refractivity contribution in [2.75, 3.05) is 19.6 Å². The lowest BCUT2D eigenvalue weighted by Gasteiger charge is -2.57. The van der Waals surface area contributed by atoms with Crippen LogP contribution in [0.25, 0.3) is 0 Å². The van der Waals surface area contributed by atoms with Gasteiger partial charge in [-0.3, -0.25) is 0 Å². The van der Waals surface area contributed by atoms with E-state index in [1.165, 1.54) is 19.3 Å². The zero-order valence-corrected chi connectivity index (χ0v) is 9.71. The van der Waals surface area contributed by atoms with Gasteiger partial charge in [0, 0.05) is 23.9 Å². The number of nitrogens with zero attached hydrogens (tertiary/aromatic N) is 1. The van der Waals surface area contributed by atoms with Gasteiger partial charge in [-0.1, -0.05) is 27.2 Å². The summed E-state index contributed by atoms with van der Waals surface area (Å²) in [6.45, 7) is 10.0. The quantitative estimate of drug-likeness (QED) is 0.694. The third-order valence-corrected chi connectivity index (χ3v) is 4.43. The number of fused-ring (bicyclic) bond motifs is 2. The van der Waals surface area contributed by atoms with Crippen molar-refractivity contribution < 1.29 is 5.11 Å². The summed E-state index contributed by atoms with van der Waals surface area (Å²) in [5.41, 5.74) is 0.308. The average molecular weight is 197 g/mol. The van der Waals surface area contributed by atoms with Crippen LogP contribution >= 0.6 is 0 Å². The molecule has 2 rings (SSSR count). The van der Waals surface area contributed by atoms with Crippen LogP contribution in [0.15, 0.2) is 0 Å². The molecule has 2 unspecified atom stereocenters. The summed E-state index contributed by atoms with van der Waals surface area (Å²) in [6, 6.07) is 0. The number of aliphatic hydroxyl groups is 1. The highest BCUT2D eigenvalue weighted by Crippen LogP contribution is 2.50. The van der Waals surface area contributed by atoms with E-state index in [0.717, 1.165) is 19.6 Å². The molecule has 0 aromatic carbocycles. The largest absolute Gasteiger partial charge is 0.392 e. The molecule has 1 heterocycles. The van der Waals surface area contributed by atoms with Gasteiger partial charge in [-0.2, -0.15) is 0 Å². The van der Waals surface area contributed by atoms with Gasteiger partial charge < -0.3 is 10.0 Å². The van der Waals surface area contributed by atoms with Crippen molar-refractivity contribution >= 4 is 0 Å². The van der Waals surface area contributed by atoms with Gasteiger partial charge in [0.05, 0.1) is 6.10 Å². The van der Waals surface area contributed by atoms with Crippen molar-refractivity contribution in [2.24, 2.45) is 10.8 Å². The summed E-state index contributed by atoms with van der Waals surface area (Å²) < 4.78 is 0. The number of piperidine rings is 1. The van der Waals surface area contributed by atoms with E-state index in [9.17, 15) is 5.11 Å². The van der Waals surface area contributed by atoms with E-state index in [0.29, 0.717) is 0 Å². The van der Waals surface area contributed by atoms with Crippen LogP contribution in [0.1, 0.15) is 40.0 Å². The van der Waals surface area contributed by atoms with E-state index in [1.54, 1.807) is 0 Å². The molecular formula is C12H23NO. The molecule has 2 atom stereocenters. The van der Waals surface area contributed by atoms with Crippen molar-refractivity contribution in [1.82, 2.24) is 4.90 Å². The maximum atomic E-state index is 10.4. The fourth-order valence-corrected chi connectivity index (χ4v) is 3.64. The molecule has 1 aliphatic carbocycles. The van der Waals surface area contributed by atoms with Gasteiger partial charge in [0.25, 0.3) is 0 Å². The standard InChI is InChI=1S/C12H23NO/c1-4-13-8-11(2)6-5-7-12(3,9-13)10(11)14/h10,14H,4-9H2,1-3H3. The summed E-state index contributed by atoms with van der Waals surface area (Å²) in [5.74, 6) is 0. The zero-order chi connectivity index (χ0) is 10.4. The lowest BCUT2D eigenvalue weighted by molar-refractivity contribution is -0.150. The Labute approximate surface area is 87.3 Å². The summed E-state index contributed by atoms with van der Waals surface area (Å²) in [6.07, 6.45) is 3.59. The van der Waals surface area contributed by atoms with Crippen LogP contribution in [0.3, 0.4) is 0 Å². The zero-order valence-electron chi connectivity index (χ0n) is 9.71. The molecule has 14 heavy (non-hydrogen) atoms. The molecule has 2 heteroatoms. The number of hydrogen-bond acceptors (Lipinski definition) is 2. The SMILES string of the molecule is CCN1CC2(C)CCCC(C)(C1)C2O. The molecule has 0 radical (unpaired) electrons. The third-order valence-electron chi connectivity index (χ3n) is 4.43. The van der Waals surface area contributed by atoms with Crippen molar-refractivity contribution in [2.45, 2.75) is 46.1 Å². The van der Waals surface area contributed by atoms with Crippen LogP contribution in [0.5, 0.6) is 0 Å². The molecule has 0 aromatic heterocycles. The average Bonchev–Trinajstić information content (AvgIpc) is 2.11. The van der Waals surface area contributed by atoms with Crippen LogP contribution in [0, 0.1) is 10.8 Å². The Morgan fingerprint density at radius 1 is 1.21 bits per heavy atom. The molecule has 82 valence electrons. The number of hydrogen-bond donors (Lipinski definition) is 1. The molecule has 2 nitrogen and oxygen atoms in total. The topological polar surface area (TPSA) is 23.5 Å². The van der Waals surface area contributed by atoms with Crippen LogP contribution < -0.4 is 0 Å². The molecule has 2 bridgehead atoms. The second-order valence-electron chi connectivity index (χ2n) is 5.87. The Balaban J connectivity index is 2.25. The predicted octanol–water partition coefficient (Wildman–Crippen LogP) is 1.88. The van der Waals surface area contributed by atoms with Crippen LogP contribution in [-0.2, 0) is 0 Å². The highest BCUT2D eigenvalue weighted by molar-refractivity contribution is 5.04. The molecule has 1 N–H and O–H groups in total.